The molecule has 2 aromatic rings. The zero-order chi connectivity index (χ0) is 79.8. The van der Waals surface area contributed by atoms with Gasteiger partial charge < -0.3 is 33.2 Å². The lowest BCUT2D eigenvalue weighted by Crippen LogP contribution is -2.71. The van der Waals surface area contributed by atoms with Gasteiger partial charge in [-0.25, -0.2) is 0 Å². The first-order valence-electron chi connectivity index (χ1n) is 31.9. The average Bonchev–Trinajstić information content (AvgIpc) is 1.09. The summed E-state index contributed by atoms with van der Waals surface area (Å²) in [6.07, 6.45) is -3.49. The summed E-state index contributed by atoms with van der Waals surface area (Å²) in [6, 6.07) is 18.3. The van der Waals surface area contributed by atoms with Crippen LogP contribution >= 0.6 is 0 Å². The minimum atomic E-state index is -8.01. The predicted molar refractivity (Wildman–Crippen MR) is 311 cm³/mol. The van der Waals surface area contributed by atoms with Gasteiger partial charge in [-0.15, -0.1) is 6.58 Å². The fraction of sp³-hybridized carbons (Fsp3) is 0.529. The lowest BCUT2D eigenvalue weighted by Gasteiger charge is -2.42. The zero-order valence-electron chi connectivity index (χ0n) is 54.0. The van der Waals surface area contributed by atoms with Crippen LogP contribution in [-0.2, 0) is 61.9 Å². The standard InChI is InChI=1S/C31H27F13O5.C16H14O4.C13H9F13.C8H6O4/c1-2-47-13-12-18-14-17(15-19(18)26(32,33)27(34,35)28(36,37)29(38,39)30(40,41)31(42,43)44)9-11-21-23-22(24(45)49-25(23)46)20(48-21)10-8-16-6-4-3-5-7-16;1-2-11-13-14(16(18)20-15(13)17)12(19-11)9-8-10-6-4-3-5-7-10;14-8(15,7-4-5-1-2-6(7)3-5)9(16,17)10(18,19)11(20,21)12(22,23)13(24,25)26;9-7-5-3-1-2-4(11-3)6(5)8(10)12-7/h3-13,17-23H,2,14-15H2,1H3;2-9,11-14H,1H2;1-2,5-7H,3-4H2;1-6H/b10-8-,11-9+,13-12-;9-8-;;/t17?,18?,19?,20?,21?,22-,23+;11?,12?,13-,14+;;/m01../s1. The number of rotatable bonds is 20. The third-order valence-corrected chi connectivity index (χ3v) is 19.7. The molecular formula is C68H56F26O13. The molecule has 6 saturated heterocycles. The Labute approximate surface area is 586 Å². The molecule has 7 heterocycles. The molecule has 7 aliphatic heterocycles. The maximum Gasteiger partial charge on any atom is 0.460 e. The van der Waals surface area contributed by atoms with Crippen molar-refractivity contribution < 1.29 is 176 Å². The van der Waals surface area contributed by atoms with Gasteiger partial charge in [-0.2, -0.15) is 114 Å². The quantitative estimate of drug-likeness (QED) is 0.0307. The maximum atomic E-state index is 15.3. The van der Waals surface area contributed by atoms with Crippen LogP contribution in [0.1, 0.15) is 43.7 Å². The largest absolute Gasteiger partial charge is 0.502 e. The van der Waals surface area contributed by atoms with Crippen LogP contribution in [0.4, 0.5) is 114 Å². The number of esters is 6. The van der Waals surface area contributed by atoms with Crippen LogP contribution in [0.25, 0.3) is 12.2 Å². The van der Waals surface area contributed by atoms with Crippen LogP contribution in [0, 0.1) is 71.0 Å². The van der Waals surface area contributed by atoms with Gasteiger partial charge in [0, 0.05) is 11.8 Å². The summed E-state index contributed by atoms with van der Waals surface area (Å²) in [5.41, 5.74) is 1.69. The monoisotopic (exact) mass is 1570 g/mol. The summed E-state index contributed by atoms with van der Waals surface area (Å²) < 4.78 is 386. The van der Waals surface area contributed by atoms with Gasteiger partial charge in [0.25, 0.3) is 0 Å². The first-order chi connectivity index (χ1) is 49.3. The number of ether oxygens (including phenoxy) is 7. The minimum Gasteiger partial charge on any atom is -0.502 e. The Balaban J connectivity index is 0.000000187. The maximum absolute atomic E-state index is 15.3. The average molecular weight is 1580 g/mol. The van der Waals surface area contributed by atoms with E-state index in [0.717, 1.165) is 30.1 Å². The van der Waals surface area contributed by atoms with E-state index in [1.807, 2.05) is 48.6 Å². The van der Waals surface area contributed by atoms with Gasteiger partial charge in [-0.05, 0) is 73.5 Å². The molecule has 588 valence electrons. The Kier molecular flexibility index (Phi) is 22.8. The Morgan fingerprint density at radius 3 is 1.14 bits per heavy atom. The molecule has 0 aromatic heterocycles. The Hall–Kier alpha value is -8.10. The molecule has 107 heavy (non-hydrogen) atoms. The van der Waals surface area contributed by atoms with Gasteiger partial charge in [0.1, 0.15) is 35.5 Å². The summed E-state index contributed by atoms with van der Waals surface area (Å²) >= 11 is 0. The second kappa shape index (κ2) is 29.4. The molecule has 39 heteroatoms. The van der Waals surface area contributed by atoms with Gasteiger partial charge in [-0.3, -0.25) is 28.8 Å². The van der Waals surface area contributed by atoms with Crippen molar-refractivity contribution >= 4 is 48.0 Å². The number of fused-ring (bicyclic) bond motifs is 9. The van der Waals surface area contributed by atoms with Crippen molar-refractivity contribution in [2.75, 3.05) is 6.61 Å². The van der Waals surface area contributed by atoms with Crippen LogP contribution in [0.3, 0.4) is 0 Å². The van der Waals surface area contributed by atoms with Crippen LogP contribution in [0.15, 0.2) is 134 Å². The summed E-state index contributed by atoms with van der Waals surface area (Å²) in [5, 5.41) is 0. The van der Waals surface area contributed by atoms with Gasteiger partial charge in [-0.1, -0.05) is 127 Å². The number of cyclic esters (lactones) is 6. The Morgan fingerprint density at radius 2 is 0.766 bits per heavy atom. The number of benzene rings is 2. The molecule has 2 aromatic carbocycles. The molecule has 0 radical (unpaired) electrons. The molecule has 0 N–H and O–H groups in total. The van der Waals surface area contributed by atoms with Crippen molar-refractivity contribution in [1.82, 2.24) is 0 Å². The van der Waals surface area contributed by atoms with Gasteiger partial charge in [0.2, 0.25) is 0 Å². The molecule has 2 saturated carbocycles. The minimum absolute atomic E-state index is 0.100. The fourth-order valence-corrected chi connectivity index (χ4v) is 14.1. The van der Waals surface area contributed by atoms with Crippen molar-refractivity contribution in [2.24, 2.45) is 71.0 Å². The number of hydrogen-bond acceptors (Lipinski definition) is 13. The summed E-state index contributed by atoms with van der Waals surface area (Å²) in [7, 11) is 0. The SMILES string of the molecule is C=CC1OC(/C=C\c2ccccc2)[C@@H]2C(=O)OC(=O)[C@H]12.CCO/C=C\C1CC(/C=C/C2OC(/C=C\c3ccccc3)[C@@H]3C(=O)OC(=O)[C@H]23)CC1C(F)(F)C(F)(F)C(F)(F)C(F)(F)C(F)(F)C(F)(F)F.FC(F)(F)C(F)(F)C(F)(F)C(F)(F)C(F)(F)C(F)(F)C1CC2C=CC1C2.O=C1OC(=O)C2C3C=CC(O3)C12. The topological polar surface area (TPSA) is 167 Å². The molecule has 8 fully saturated rings. The highest BCUT2D eigenvalue weighted by Gasteiger charge is 2.93. The number of carbonyl (C=O) groups is 6. The van der Waals surface area contributed by atoms with E-state index in [1.165, 1.54) is 19.1 Å². The van der Waals surface area contributed by atoms with Gasteiger partial charge in [0.15, 0.2) is 0 Å². The lowest BCUT2D eigenvalue weighted by molar-refractivity contribution is -0.443. The van der Waals surface area contributed by atoms with Crippen molar-refractivity contribution in [3.8, 4) is 0 Å². The second-order valence-electron chi connectivity index (χ2n) is 26.1. The molecule has 14 unspecified atom stereocenters. The molecule has 4 bridgehead atoms. The molecule has 0 spiro atoms. The molecule has 3 aliphatic carbocycles. The van der Waals surface area contributed by atoms with E-state index >= 15 is 8.78 Å². The third kappa shape index (κ3) is 14.4. The highest BCUT2D eigenvalue weighted by atomic mass is 19.4. The van der Waals surface area contributed by atoms with E-state index in [4.69, 9.17) is 28.4 Å². The van der Waals surface area contributed by atoms with Gasteiger partial charge in [0.05, 0.1) is 49.5 Å². The second-order valence-corrected chi connectivity index (χ2v) is 26.1. The number of alkyl halides is 26. The number of hydrogen-bond donors (Lipinski definition) is 0. The molecule has 12 rings (SSSR count). The van der Waals surface area contributed by atoms with Crippen LogP contribution in [0.5, 0.6) is 0 Å². The van der Waals surface area contributed by atoms with Crippen molar-refractivity contribution in [2.45, 2.75) is 141 Å². The summed E-state index contributed by atoms with van der Waals surface area (Å²) in [5.74, 6) is -92.7. The van der Waals surface area contributed by atoms with E-state index in [1.54, 1.807) is 48.6 Å². The first-order valence-corrected chi connectivity index (χ1v) is 31.9. The van der Waals surface area contributed by atoms with Crippen LogP contribution in [0.2, 0.25) is 0 Å². The van der Waals surface area contributed by atoms with E-state index in [9.17, 15) is 134 Å². The highest BCUT2D eigenvalue weighted by Crippen LogP contribution is 2.66. The van der Waals surface area contributed by atoms with Crippen molar-refractivity contribution in [3.05, 3.63) is 145 Å². The normalized spacial score (nSPS) is 31.6. The van der Waals surface area contributed by atoms with E-state index in [-0.39, 0.29) is 37.1 Å². The Bertz CT molecular complexity index is 3820. The van der Waals surface area contributed by atoms with Crippen LogP contribution in [-0.4, -0.2) is 151 Å². The smallest absolute Gasteiger partial charge is 0.460 e. The summed E-state index contributed by atoms with van der Waals surface area (Å²) in [6.45, 7) is 4.95. The van der Waals surface area contributed by atoms with E-state index in [0.29, 0.717) is 11.6 Å². The van der Waals surface area contributed by atoms with Crippen molar-refractivity contribution in [3.63, 3.8) is 0 Å². The first kappa shape index (κ1) is 82.9. The number of carbonyl (C=O) groups excluding carboxylic acids is 6. The lowest BCUT2D eigenvalue weighted by atomic mass is 9.81. The molecular weight excluding hydrogens is 1520 g/mol. The van der Waals surface area contributed by atoms with Crippen LogP contribution < -0.4 is 0 Å². The summed E-state index contributed by atoms with van der Waals surface area (Å²) in [4.78, 5) is 70.5. The van der Waals surface area contributed by atoms with E-state index < -0.39 is 210 Å². The number of halogens is 26. The molecule has 0 amide bonds. The highest BCUT2D eigenvalue weighted by molar-refractivity contribution is 5.99. The molecule has 13 nitrogen and oxygen atoms in total. The molecule has 10 aliphatic rings. The molecule has 18 atom stereocenters. The third-order valence-electron chi connectivity index (χ3n) is 19.7. The van der Waals surface area contributed by atoms with Crippen molar-refractivity contribution in [1.29, 1.82) is 0 Å². The predicted octanol–water partition coefficient (Wildman–Crippen LogP) is 15.8. The fourth-order valence-electron chi connectivity index (χ4n) is 14.1. The van der Waals surface area contributed by atoms with Gasteiger partial charge >= 0.3 is 107 Å². The zero-order valence-corrected chi connectivity index (χ0v) is 54.0. The Morgan fingerprint density at radius 1 is 0.393 bits per heavy atom. The number of allylic oxidation sites excluding steroid dienone is 4. The van der Waals surface area contributed by atoms with E-state index in [2.05, 4.69) is 11.3 Å².